The molecular weight excluding hydrogens is 218 g/mol. The zero-order valence-electron chi connectivity index (χ0n) is 11.2. The fraction of sp³-hybridized carbons (Fsp3) is 0.923. The van der Waals surface area contributed by atoms with Gasteiger partial charge in [-0.05, 0) is 33.1 Å². The van der Waals surface area contributed by atoms with Crippen molar-refractivity contribution in [3.63, 3.8) is 0 Å². The summed E-state index contributed by atoms with van der Waals surface area (Å²) in [6, 6.07) is 0. The summed E-state index contributed by atoms with van der Waals surface area (Å²) in [5.41, 5.74) is -0.519. The second kappa shape index (κ2) is 6.24. The van der Waals surface area contributed by atoms with Gasteiger partial charge in [-0.3, -0.25) is 5.32 Å². The number of alkyl carbamates (subject to hydrolysis) is 1. The molecule has 1 unspecified atom stereocenters. The van der Waals surface area contributed by atoms with Crippen LogP contribution in [0.2, 0.25) is 0 Å². The number of amides is 1. The Morgan fingerprint density at radius 2 is 1.94 bits per heavy atom. The van der Waals surface area contributed by atoms with Crippen LogP contribution in [0, 0.1) is 5.92 Å². The number of carbonyl (C=O) groups excluding carboxylic acids is 1. The van der Waals surface area contributed by atoms with Crippen molar-refractivity contribution in [3.05, 3.63) is 0 Å². The molecule has 0 saturated heterocycles. The van der Waals surface area contributed by atoms with E-state index in [1.165, 1.54) is 19.3 Å². The molecule has 4 nitrogen and oxygen atoms in total. The zero-order valence-corrected chi connectivity index (χ0v) is 11.2. The smallest absolute Gasteiger partial charge is 0.409 e. The van der Waals surface area contributed by atoms with E-state index in [1.807, 2.05) is 0 Å². The average molecular weight is 243 g/mol. The number of nitrogens with one attached hydrogen (secondary N) is 1. The van der Waals surface area contributed by atoms with Crippen molar-refractivity contribution < 1.29 is 14.6 Å². The zero-order chi connectivity index (χ0) is 12.9. The normalized spacial score (nSPS) is 19.8. The van der Waals surface area contributed by atoms with Crippen molar-refractivity contribution in [1.82, 2.24) is 5.32 Å². The van der Waals surface area contributed by atoms with E-state index in [1.54, 1.807) is 20.8 Å². The molecule has 1 aliphatic rings. The van der Waals surface area contributed by atoms with Crippen molar-refractivity contribution in [2.75, 3.05) is 0 Å². The summed E-state index contributed by atoms with van der Waals surface area (Å²) < 4.78 is 5.09. The Morgan fingerprint density at radius 1 is 1.35 bits per heavy atom. The highest BCUT2D eigenvalue weighted by atomic mass is 16.6. The van der Waals surface area contributed by atoms with Crippen LogP contribution in [-0.2, 0) is 4.74 Å². The number of hydrogen-bond acceptors (Lipinski definition) is 3. The molecule has 1 amide bonds. The van der Waals surface area contributed by atoms with Gasteiger partial charge in [0.2, 0.25) is 0 Å². The first kappa shape index (κ1) is 14.3. The summed E-state index contributed by atoms with van der Waals surface area (Å²) in [4.78, 5) is 11.4. The van der Waals surface area contributed by atoms with E-state index in [2.05, 4.69) is 5.32 Å². The van der Waals surface area contributed by atoms with Gasteiger partial charge >= 0.3 is 6.09 Å². The quantitative estimate of drug-likeness (QED) is 0.749. The molecule has 0 aromatic heterocycles. The molecule has 1 rings (SSSR count). The second-order valence-corrected chi connectivity index (χ2v) is 5.90. The van der Waals surface area contributed by atoms with Gasteiger partial charge < -0.3 is 9.84 Å². The third kappa shape index (κ3) is 6.51. The molecule has 0 radical (unpaired) electrons. The molecule has 0 heterocycles. The fourth-order valence-corrected chi connectivity index (χ4v) is 2.24. The van der Waals surface area contributed by atoms with E-state index < -0.39 is 17.9 Å². The van der Waals surface area contributed by atoms with Crippen LogP contribution in [0.1, 0.15) is 59.3 Å². The van der Waals surface area contributed by atoms with Crippen LogP contribution in [0.3, 0.4) is 0 Å². The number of hydrogen-bond donors (Lipinski definition) is 2. The van der Waals surface area contributed by atoms with E-state index in [4.69, 9.17) is 4.74 Å². The lowest BCUT2D eigenvalue weighted by Gasteiger charge is -2.25. The molecule has 0 bridgehead atoms. The molecule has 1 atom stereocenters. The van der Waals surface area contributed by atoms with Crippen molar-refractivity contribution in [3.8, 4) is 0 Å². The number of aliphatic hydroxyl groups is 1. The summed E-state index contributed by atoms with van der Waals surface area (Å²) in [7, 11) is 0. The standard InChI is InChI=1S/C13H25NO3/c1-13(2,3)17-12(16)14-11(15)9-10-7-5-4-6-8-10/h10-11,15H,4-9H2,1-3H3,(H,14,16). The molecular formula is C13H25NO3. The van der Waals surface area contributed by atoms with Crippen LogP contribution in [0.25, 0.3) is 0 Å². The van der Waals surface area contributed by atoms with Gasteiger partial charge in [-0.1, -0.05) is 32.1 Å². The van der Waals surface area contributed by atoms with E-state index in [-0.39, 0.29) is 0 Å². The van der Waals surface area contributed by atoms with Crippen molar-refractivity contribution in [2.45, 2.75) is 71.1 Å². The van der Waals surface area contributed by atoms with E-state index in [9.17, 15) is 9.90 Å². The minimum absolute atomic E-state index is 0.519. The Labute approximate surface area is 104 Å². The van der Waals surface area contributed by atoms with Crippen molar-refractivity contribution in [2.24, 2.45) is 5.92 Å². The Balaban J connectivity index is 2.23. The Bertz CT molecular complexity index is 242. The summed E-state index contributed by atoms with van der Waals surface area (Å²) in [5, 5.41) is 12.2. The summed E-state index contributed by atoms with van der Waals surface area (Å²) in [6.45, 7) is 5.42. The molecule has 4 heteroatoms. The lowest BCUT2D eigenvalue weighted by molar-refractivity contribution is 0.0301. The molecule has 0 spiro atoms. The topological polar surface area (TPSA) is 58.6 Å². The maximum atomic E-state index is 11.4. The number of ether oxygens (including phenoxy) is 1. The molecule has 1 aliphatic carbocycles. The minimum atomic E-state index is -0.784. The maximum absolute atomic E-state index is 11.4. The van der Waals surface area contributed by atoms with Crippen LogP contribution < -0.4 is 5.32 Å². The molecule has 1 saturated carbocycles. The van der Waals surface area contributed by atoms with Gasteiger partial charge in [0.05, 0.1) is 0 Å². The van der Waals surface area contributed by atoms with E-state index >= 15 is 0 Å². The SMILES string of the molecule is CC(C)(C)OC(=O)NC(O)CC1CCCCC1. The lowest BCUT2D eigenvalue weighted by Crippen LogP contribution is -2.40. The van der Waals surface area contributed by atoms with E-state index in [0.29, 0.717) is 12.3 Å². The highest BCUT2D eigenvalue weighted by Crippen LogP contribution is 2.26. The van der Waals surface area contributed by atoms with Crippen LogP contribution in [0.15, 0.2) is 0 Å². The summed E-state index contributed by atoms with van der Waals surface area (Å²) in [5.74, 6) is 0.536. The Morgan fingerprint density at radius 3 is 2.47 bits per heavy atom. The van der Waals surface area contributed by atoms with Gasteiger partial charge in [0.15, 0.2) is 0 Å². The summed E-state index contributed by atoms with van der Waals surface area (Å²) >= 11 is 0. The number of aliphatic hydroxyl groups excluding tert-OH is 1. The average Bonchev–Trinajstić information content (AvgIpc) is 2.15. The van der Waals surface area contributed by atoms with Gasteiger partial charge in [-0.25, -0.2) is 4.79 Å². The molecule has 0 aromatic rings. The first-order chi connectivity index (χ1) is 7.87. The monoisotopic (exact) mass is 243 g/mol. The highest BCUT2D eigenvalue weighted by Gasteiger charge is 2.21. The predicted octanol–water partition coefficient (Wildman–Crippen LogP) is 2.80. The van der Waals surface area contributed by atoms with Crippen LogP contribution in [-0.4, -0.2) is 23.0 Å². The first-order valence-corrected chi connectivity index (χ1v) is 6.54. The predicted molar refractivity (Wildman–Crippen MR) is 66.6 cm³/mol. The minimum Gasteiger partial charge on any atom is -0.444 e. The Kier molecular flexibility index (Phi) is 5.25. The van der Waals surface area contributed by atoms with Gasteiger partial charge in [-0.15, -0.1) is 0 Å². The van der Waals surface area contributed by atoms with E-state index in [0.717, 1.165) is 12.8 Å². The van der Waals surface area contributed by atoms with Gasteiger partial charge in [0.1, 0.15) is 11.8 Å². The maximum Gasteiger partial charge on any atom is 0.409 e. The van der Waals surface area contributed by atoms with Crippen molar-refractivity contribution in [1.29, 1.82) is 0 Å². The first-order valence-electron chi connectivity index (χ1n) is 6.54. The van der Waals surface area contributed by atoms with Crippen LogP contribution in [0.4, 0.5) is 4.79 Å². The Hall–Kier alpha value is -0.770. The van der Waals surface area contributed by atoms with Crippen molar-refractivity contribution >= 4 is 6.09 Å². The third-order valence-corrected chi connectivity index (χ3v) is 2.96. The van der Waals surface area contributed by atoms with Crippen LogP contribution in [0.5, 0.6) is 0 Å². The highest BCUT2D eigenvalue weighted by molar-refractivity contribution is 5.67. The molecule has 100 valence electrons. The second-order valence-electron chi connectivity index (χ2n) is 5.90. The molecule has 0 aromatic carbocycles. The molecule has 1 fully saturated rings. The molecule has 17 heavy (non-hydrogen) atoms. The number of rotatable bonds is 3. The largest absolute Gasteiger partial charge is 0.444 e. The molecule has 0 aliphatic heterocycles. The van der Waals surface area contributed by atoms with Gasteiger partial charge in [0.25, 0.3) is 0 Å². The van der Waals surface area contributed by atoms with Gasteiger partial charge in [0, 0.05) is 0 Å². The molecule has 2 N–H and O–H groups in total. The fourth-order valence-electron chi connectivity index (χ4n) is 2.24. The van der Waals surface area contributed by atoms with Crippen LogP contribution >= 0.6 is 0 Å². The lowest BCUT2D eigenvalue weighted by atomic mass is 9.86. The summed E-state index contributed by atoms with van der Waals surface area (Å²) in [6.07, 6.45) is 5.41. The number of carbonyl (C=O) groups is 1. The third-order valence-electron chi connectivity index (χ3n) is 2.96. The van der Waals surface area contributed by atoms with Gasteiger partial charge in [-0.2, -0.15) is 0 Å².